The van der Waals surface area contributed by atoms with Crippen molar-refractivity contribution < 1.29 is 0 Å². The largest absolute Gasteiger partial charge is 0.311 e. The van der Waals surface area contributed by atoms with Crippen molar-refractivity contribution in [2.24, 2.45) is 0 Å². The van der Waals surface area contributed by atoms with E-state index in [-0.39, 0.29) is 0 Å². The van der Waals surface area contributed by atoms with E-state index in [0.717, 1.165) is 11.2 Å². The third kappa shape index (κ3) is 1.48. The molecule has 0 atom stereocenters. The van der Waals surface area contributed by atoms with Crippen molar-refractivity contribution >= 4 is 22.8 Å². The van der Waals surface area contributed by atoms with Crippen LogP contribution in [-0.2, 0) is 6.54 Å². The first-order chi connectivity index (χ1) is 6.68. The Morgan fingerprint density at radius 3 is 3.00 bits per heavy atom. The zero-order valence-corrected chi connectivity index (χ0v) is 8.49. The van der Waals surface area contributed by atoms with Crippen LogP contribution in [0, 0.1) is 0 Å². The summed E-state index contributed by atoms with van der Waals surface area (Å²) in [6.45, 7) is 6.49. The van der Waals surface area contributed by atoms with E-state index >= 15 is 0 Å². The fraction of sp³-hybridized carbons (Fsp3) is 0.222. The van der Waals surface area contributed by atoms with Gasteiger partial charge in [0.15, 0.2) is 10.8 Å². The lowest BCUT2D eigenvalue weighted by molar-refractivity contribution is 0.800. The van der Waals surface area contributed by atoms with Gasteiger partial charge in [-0.2, -0.15) is 0 Å². The number of aromatic nitrogens is 4. The number of fused-ring (bicyclic) bond motifs is 1. The number of imidazole rings is 1. The maximum absolute atomic E-state index is 5.86. The maximum Gasteiger partial charge on any atom is 0.165 e. The number of hydrogen-bond donors (Lipinski definition) is 0. The van der Waals surface area contributed by atoms with E-state index in [0.29, 0.717) is 17.2 Å². The smallest absolute Gasteiger partial charge is 0.165 e. The summed E-state index contributed by atoms with van der Waals surface area (Å²) in [5.74, 6) is 0. The van der Waals surface area contributed by atoms with Crippen LogP contribution in [-0.4, -0.2) is 19.5 Å². The van der Waals surface area contributed by atoms with Gasteiger partial charge in [0.1, 0.15) is 11.8 Å². The van der Waals surface area contributed by atoms with Crippen LogP contribution in [0.15, 0.2) is 24.8 Å². The molecule has 72 valence electrons. The van der Waals surface area contributed by atoms with Gasteiger partial charge in [-0.15, -0.1) is 0 Å². The zero-order valence-electron chi connectivity index (χ0n) is 7.74. The number of nitrogens with zero attached hydrogens (tertiary/aromatic N) is 4. The lowest BCUT2D eigenvalue weighted by atomic mass is 10.3. The van der Waals surface area contributed by atoms with Crippen molar-refractivity contribution in [2.75, 3.05) is 0 Å². The fourth-order valence-electron chi connectivity index (χ4n) is 1.26. The lowest BCUT2D eigenvalue weighted by Crippen LogP contribution is -1.98. The Morgan fingerprint density at radius 1 is 1.50 bits per heavy atom. The minimum Gasteiger partial charge on any atom is -0.311 e. The van der Waals surface area contributed by atoms with Gasteiger partial charge in [0.2, 0.25) is 0 Å². The number of hydrogen-bond acceptors (Lipinski definition) is 3. The van der Waals surface area contributed by atoms with Gasteiger partial charge < -0.3 is 4.57 Å². The van der Waals surface area contributed by atoms with Crippen LogP contribution in [0.25, 0.3) is 11.2 Å². The van der Waals surface area contributed by atoms with Gasteiger partial charge in [-0.25, -0.2) is 15.0 Å². The van der Waals surface area contributed by atoms with E-state index in [1.165, 1.54) is 6.33 Å². The molecule has 0 bridgehead atoms. The molecule has 0 fully saturated rings. The Morgan fingerprint density at radius 2 is 2.29 bits per heavy atom. The molecular weight excluding hydrogens is 200 g/mol. The monoisotopic (exact) mass is 208 g/mol. The quantitative estimate of drug-likeness (QED) is 0.561. The Kier molecular flexibility index (Phi) is 2.21. The van der Waals surface area contributed by atoms with E-state index in [2.05, 4.69) is 21.5 Å². The molecule has 0 aromatic carbocycles. The van der Waals surface area contributed by atoms with Gasteiger partial charge in [0.25, 0.3) is 0 Å². The molecule has 2 aromatic rings. The summed E-state index contributed by atoms with van der Waals surface area (Å²) in [6.07, 6.45) is 3.13. The average molecular weight is 209 g/mol. The van der Waals surface area contributed by atoms with Crippen molar-refractivity contribution in [3.63, 3.8) is 0 Å². The van der Waals surface area contributed by atoms with Crippen LogP contribution >= 0.6 is 11.6 Å². The van der Waals surface area contributed by atoms with Crippen molar-refractivity contribution in [1.29, 1.82) is 0 Å². The molecule has 0 unspecified atom stereocenters. The molecule has 0 N–H and O–H groups in total. The average Bonchev–Trinajstić information content (AvgIpc) is 2.49. The first-order valence-corrected chi connectivity index (χ1v) is 4.52. The topological polar surface area (TPSA) is 43.6 Å². The predicted octanol–water partition coefficient (Wildman–Crippen LogP) is 2.06. The predicted molar refractivity (Wildman–Crippen MR) is 55.1 cm³/mol. The Balaban J connectivity index is 2.58. The molecule has 0 spiro atoms. The SMILES string of the molecule is C=C(C)Cn1cnc2c(Cl)ncnc21. The Bertz CT molecular complexity index is 489. The summed E-state index contributed by atoms with van der Waals surface area (Å²) >= 11 is 5.86. The molecule has 0 aliphatic carbocycles. The second-order valence-corrected chi connectivity index (χ2v) is 3.52. The van der Waals surface area contributed by atoms with Gasteiger partial charge in [-0.3, -0.25) is 0 Å². The van der Waals surface area contributed by atoms with Gasteiger partial charge in [-0.05, 0) is 6.92 Å². The van der Waals surface area contributed by atoms with E-state index in [9.17, 15) is 0 Å². The van der Waals surface area contributed by atoms with Crippen molar-refractivity contribution in [3.8, 4) is 0 Å². The lowest BCUT2D eigenvalue weighted by Gasteiger charge is -2.01. The molecular formula is C9H9ClN4. The molecule has 0 aliphatic heterocycles. The van der Waals surface area contributed by atoms with Gasteiger partial charge in [-0.1, -0.05) is 23.8 Å². The van der Waals surface area contributed by atoms with Crippen LogP contribution in [0.1, 0.15) is 6.92 Å². The summed E-state index contributed by atoms with van der Waals surface area (Å²) in [7, 11) is 0. The van der Waals surface area contributed by atoms with E-state index < -0.39 is 0 Å². The highest BCUT2D eigenvalue weighted by Crippen LogP contribution is 2.17. The van der Waals surface area contributed by atoms with Crippen LogP contribution in [0.4, 0.5) is 0 Å². The maximum atomic E-state index is 5.86. The molecule has 0 saturated heterocycles. The zero-order chi connectivity index (χ0) is 10.1. The highest BCUT2D eigenvalue weighted by atomic mass is 35.5. The van der Waals surface area contributed by atoms with Crippen molar-refractivity contribution in [2.45, 2.75) is 13.5 Å². The fourth-order valence-corrected chi connectivity index (χ4v) is 1.44. The van der Waals surface area contributed by atoms with E-state index in [1.54, 1.807) is 6.33 Å². The number of halogens is 1. The third-order valence-electron chi connectivity index (χ3n) is 1.80. The number of rotatable bonds is 2. The molecule has 0 saturated carbocycles. The summed E-state index contributed by atoms with van der Waals surface area (Å²) in [4.78, 5) is 12.1. The standard InChI is InChI=1S/C9H9ClN4/c1-6(2)3-14-5-13-7-8(10)11-4-12-9(7)14/h4-5H,1,3H2,2H3. The van der Waals surface area contributed by atoms with Gasteiger partial charge in [0.05, 0.1) is 6.33 Å². The minimum atomic E-state index is 0.385. The molecule has 2 aromatic heterocycles. The highest BCUT2D eigenvalue weighted by Gasteiger charge is 2.07. The van der Waals surface area contributed by atoms with Crippen molar-refractivity contribution in [3.05, 3.63) is 30.0 Å². The van der Waals surface area contributed by atoms with Crippen LogP contribution in [0.2, 0.25) is 5.15 Å². The molecule has 0 amide bonds. The van der Waals surface area contributed by atoms with E-state index in [1.807, 2.05) is 11.5 Å². The molecule has 4 nitrogen and oxygen atoms in total. The second kappa shape index (κ2) is 3.38. The molecule has 2 rings (SSSR count). The number of allylic oxidation sites excluding steroid dienone is 1. The Hall–Kier alpha value is -1.42. The summed E-state index contributed by atoms with van der Waals surface area (Å²) in [5.41, 5.74) is 2.42. The van der Waals surface area contributed by atoms with Crippen LogP contribution in [0.5, 0.6) is 0 Å². The van der Waals surface area contributed by atoms with Gasteiger partial charge in [0, 0.05) is 6.54 Å². The minimum absolute atomic E-state index is 0.385. The van der Waals surface area contributed by atoms with Crippen LogP contribution in [0.3, 0.4) is 0 Å². The summed E-state index contributed by atoms with van der Waals surface area (Å²) < 4.78 is 1.89. The highest BCUT2D eigenvalue weighted by molar-refractivity contribution is 6.33. The molecule has 0 aliphatic rings. The third-order valence-corrected chi connectivity index (χ3v) is 2.07. The van der Waals surface area contributed by atoms with Gasteiger partial charge >= 0.3 is 0 Å². The molecule has 0 radical (unpaired) electrons. The molecule has 5 heteroatoms. The summed E-state index contributed by atoms with van der Waals surface area (Å²) in [6, 6.07) is 0. The van der Waals surface area contributed by atoms with E-state index in [4.69, 9.17) is 11.6 Å². The molecule has 14 heavy (non-hydrogen) atoms. The molecule has 2 heterocycles. The summed E-state index contributed by atoms with van der Waals surface area (Å²) in [5, 5.41) is 0.385. The second-order valence-electron chi connectivity index (χ2n) is 3.17. The van der Waals surface area contributed by atoms with Crippen LogP contribution < -0.4 is 0 Å². The first kappa shape index (κ1) is 9.15. The van der Waals surface area contributed by atoms with Crippen molar-refractivity contribution in [1.82, 2.24) is 19.5 Å². The normalized spacial score (nSPS) is 10.7. The Labute approximate surface area is 86.3 Å². The first-order valence-electron chi connectivity index (χ1n) is 4.14.